The molecule has 2 aromatic rings. The van der Waals surface area contributed by atoms with Crippen LogP contribution < -0.4 is 10.6 Å². The number of carbonyl (C=O) groups is 2. The Bertz CT molecular complexity index is 761. The topological polar surface area (TPSA) is 76.0 Å². The molecule has 0 fully saturated rings. The summed E-state index contributed by atoms with van der Waals surface area (Å²) in [6.45, 7) is 4.82. The second-order valence-electron chi connectivity index (χ2n) is 5.61. The van der Waals surface area contributed by atoms with Crippen LogP contribution in [-0.4, -0.2) is 34.0 Å². The fraction of sp³-hybridized carbons (Fsp3) is 0.353. The minimum absolute atomic E-state index is 0.171. The lowest BCUT2D eigenvalue weighted by Gasteiger charge is -2.15. The quantitative estimate of drug-likeness (QED) is 0.722. The van der Waals surface area contributed by atoms with Crippen molar-refractivity contribution in [3.63, 3.8) is 0 Å². The SMILES string of the molecule is Cc1nccn1CCCNC(=O)C(C)NC(=O)c1cccc(Cl)c1Cl. The maximum absolute atomic E-state index is 12.2. The Morgan fingerprint density at radius 1 is 1.32 bits per heavy atom. The molecular formula is C17H20Cl2N4O2. The van der Waals surface area contributed by atoms with Crippen LogP contribution in [0.1, 0.15) is 29.5 Å². The summed E-state index contributed by atoms with van der Waals surface area (Å²) in [5.74, 6) is 0.239. The van der Waals surface area contributed by atoms with Gasteiger partial charge in [-0.1, -0.05) is 29.3 Å². The predicted molar refractivity (Wildman–Crippen MR) is 98.0 cm³/mol. The Balaban J connectivity index is 1.78. The van der Waals surface area contributed by atoms with Gasteiger partial charge < -0.3 is 15.2 Å². The summed E-state index contributed by atoms with van der Waals surface area (Å²) >= 11 is 11.9. The number of nitrogens with zero attached hydrogens (tertiary/aromatic N) is 2. The number of imidazole rings is 1. The van der Waals surface area contributed by atoms with Crippen molar-refractivity contribution in [1.82, 2.24) is 20.2 Å². The molecule has 8 heteroatoms. The highest BCUT2D eigenvalue weighted by Crippen LogP contribution is 2.25. The lowest BCUT2D eigenvalue weighted by Crippen LogP contribution is -2.45. The van der Waals surface area contributed by atoms with Crippen molar-refractivity contribution in [2.75, 3.05) is 6.54 Å². The molecule has 1 aromatic heterocycles. The molecule has 0 spiro atoms. The van der Waals surface area contributed by atoms with Crippen molar-refractivity contribution in [3.8, 4) is 0 Å². The van der Waals surface area contributed by atoms with Crippen molar-refractivity contribution in [1.29, 1.82) is 0 Å². The monoisotopic (exact) mass is 382 g/mol. The van der Waals surface area contributed by atoms with Crippen LogP contribution >= 0.6 is 23.2 Å². The van der Waals surface area contributed by atoms with Gasteiger partial charge in [-0.3, -0.25) is 9.59 Å². The van der Waals surface area contributed by atoms with Gasteiger partial charge in [-0.15, -0.1) is 0 Å². The van der Waals surface area contributed by atoms with Crippen LogP contribution in [0.15, 0.2) is 30.6 Å². The Kier molecular flexibility index (Phi) is 6.84. The molecule has 0 radical (unpaired) electrons. The second kappa shape index (κ2) is 8.87. The second-order valence-corrected chi connectivity index (χ2v) is 6.39. The fourth-order valence-electron chi connectivity index (χ4n) is 2.27. The molecule has 0 saturated heterocycles. The number of carbonyl (C=O) groups excluding carboxylic acids is 2. The molecule has 0 saturated carbocycles. The largest absolute Gasteiger partial charge is 0.354 e. The summed E-state index contributed by atoms with van der Waals surface area (Å²) in [6.07, 6.45) is 4.41. The third kappa shape index (κ3) is 5.21. The molecule has 2 rings (SSSR count). The smallest absolute Gasteiger partial charge is 0.253 e. The van der Waals surface area contributed by atoms with Gasteiger partial charge in [-0.2, -0.15) is 0 Å². The summed E-state index contributed by atoms with van der Waals surface area (Å²) in [5, 5.41) is 5.88. The molecule has 134 valence electrons. The number of halogens is 2. The average Bonchev–Trinajstić information content (AvgIpc) is 2.98. The molecule has 1 aromatic carbocycles. The Labute approximate surface area is 156 Å². The van der Waals surface area contributed by atoms with E-state index >= 15 is 0 Å². The van der Waals surface area contributed by atoms with Crippen LogP contribution in [0.5, 0.6) is 0 Å². The third-order valence-corrected chi connectivity index (χ3v) is 4.55. The number of rotatable bonds is 7. The van der Waals surface area contributed by atoms with Gasteiger partial charge in [0, 0.05) is 25.5 Å². The Morgan fingerprint density at radius 2 is 2.08 bits per heavy atom. The number of hydrogen-bond donors (Lipinski definition) is 2. The zero-order chi connectivity index (χ0) is 18.4. The van der Waals surface area contributed by atoms with Crippen LogP contribution in [0.2, 0.25) is 10.0 Å². The van der Waals surface area contributed by atoms with E-state index in [2.05, 4.69) is 15.6 Å². The predicted octanol–water partition coefficient (Wildman–Crippen LogP) is 2.82. The van der Waals surface area contributed by atoms with E-state index in [0.29, 0.717) is 11.6 Å². The molecule has 0 bridgehead atoms. The van der Waals surface area contributed by atoms with Crippen LogP contribution in [0.4, 0.5) is 0 Å². The summed E-state index contributed by atoms with van der Waals surface area (Å²) in [4.78, 5) is 28.4. The van der Waals surface area contributed by atoms with Gasteiger partial charge in [0.25, 0.3) is 5.91 Å². The average molecular weight is 383 g/mol. The van der Waals surface area contributed by atoms with Crippen LogP contribution in [-0.2, 0) is 11.3 Å². The van der Waals surface area contributed by atoms with Gasteiger partial charge in [-0.25, -0.2) is 4.98 Å². The van der Waals surface area contributed by atoms with Crippen molar-refractivity contribution in [3.05, 3.63) is 52.0 Å². The molecule has 0 aliphatic rings. The van der Waals surface area contributed by atoms with Crippen molar-refractivity contribution in [2.24, 2.45) is 0 Å². The van der Waals surface area contributed by atoms with Gasteiger partial charge in [0.15, 0.2) is 0 Å². The first kappa shape index (κ1) is 19.3. The number of amides is 2. The molecule has 2 amide bonds. The number of hydrogen-bond acceptors (Lipinski definition) is 3. The van der Waals surface area contributed by atoms with Crippen LogP contribution in [0.25, 0.3) is 0 Å². The van der Waals surface area contributed by atoms with Crippen LogP contribution in [0, 0.1) is 6.92 Å². The van der Waals surface area contributed by atoms with Crippen molar-refractivity contribution >= 4 is 35.0 Å². The fourth-order valence-corrected chi connectivity index (χ4v) is 2.66. The number of benzene rings is 1. The van der Waals surface area contributed by atoms with E-state index in [1.807, 2.05) is 17.7 Å². The molecule has 1 heterocycles. The lowest BCUT2D eigenvalue weighted by atomic mass is 10.2. The van der Waals surface area contributed by atoms with Crippen molar-refractivity contribution in [2.45, 2.75) is 32.9 Å². The number of nitrogens with one attached hydrogen (secondary N) is 2. The molecule has 0 aliphatic carbocycles. The van der Waals surface area contributed by atoms with E-state index in [1.165, 1.54) is 0 Å². The zero-order valence-electron chi connectivity index (χ0n) is 14.1. The first-order valence-electron chi connectivity index (χ1n) is 7.90. The molecule has 6 nitrogen and oxygen atoms in total. The van der Waals surface area contributed by atoms with Crippen LogP contribution in [0.3, 0.4) is 0 Å². The summed E-state index contributed by atoms with van der Waals surface area (Å²) in [6, 6.07) is 4.10. The van der Waals surface area contributed by atoms with Gasteiger partial charge >= 0.3 is 0 Å². The number of aryl methyl sites for hydroxylation is 2. The van der Waals surface area contributed by atoms with E-state index in [-0.39, 0.29) is 16.5 Å². The molecule has 1 unspecified atom stereocenters. The molecule has 1 atom stereocenters. The standard InChI is InChI=1S/C17H20Cl2N4O2/c1-11(22-17(25)13-5-3-6-14(18)15(13)19)16(24)21-7-4-9-23-10-8-20-12(23)2/h3,5-6,8,10-11H,4,7,9H2,1-2H3,(H,21,24)(H,22,25). The minimum Gasteiger partial charge on any atom is -0.354 e. The summed E-state index contributed by atoms with van der Waals surface area (Å²) in [7, 11) is 0. The van der Waals surface area contributed by atoms with Gasteiger partial charge in [0.2, 0.25) is 5.91 Å². The normalized spacial score (nSPS) is 11.8. The molecule has 0 aliphatic heterocycles. The first-order chi connectivity index (χ1) is 11.9. The van der Waals surface area contributed by atoms with Gasteiger partial charge in [0.1, 0.15) is 11.9 Å². The van der Waals surface area contributed by atoms with Crippen molar-refractivity contribution < 1.29 is 9.59 Å². The summed E-state index contributed by atoms with van der Waals surface area (Å²) in [5.41, 5.74) is 0.240. The van der Waals surface area contributed by atoms with E-state index in [9.17, 15) is 9.59 Å². The van der Waals surface area contributed by atoms with E-state index in [1.54, 1.807) is 31.3 Å². The zero-order valence-corrected chi connectivity index (χ0v) is 15.6. The lowest BCUT2D eigenvalue weighted by molar-refractivity contribution is -0.122. The van der Waals surface area contributed by atoms with E-state index < -0.39 is 11.9 Å². The van der Waals surface area contributed by atoms with E-state index in [4.69, 9.17) is 23.2 Å². The first-order valence-corrected chi connectivity index (χ1v) is 8.66. The molecule has 25 heavy (non-hydrogen) atoms. The Hall–Kier alpha value is -2.05. The maximum atomic E-state index is 12.2. The van der Waals surface area contributed by atoms with E-state index in [0.717, 1.165) is 18.8 Å². The third-order valence-electron chi connectivity index (χ3n) is 3.74. The van der Waals surface area contributed by atoms with Gasteiger partial charge in [-0.05, 0) is 32.4 Å². The summed E-state index contributed by atoms with van der Waals surface area (Å²) < 4.78 is 2.01. The maximum Gasteiger partial charge on any atom is 0.253 e. The highest BCUT2D eigenvalue weighted by Gasteiger charge is 2.18. The molecule has 2 N–H and O–H groups in total. The Morgan fingerprint density at radius 3 is 2.76 bits per heavy atom. The highest BCUT2D eigenvalue weighted by atomic mass is 35.5. The van der Waals surface area contributed by atoms with Gasteiger partial charge in [0.05, 0.1) is 15.6 Å². The minimum atomic E-state index is -0.683. The molecular weight excluding hydrogens is 363 g/mol. The number of aromatic nitrogens is 2. The highest BCUT2D eigenvalue weighted by molar-refractivity contribution is 6.43.